The first-order chi connectivity index (χ1) is 9.61. The molecule has 5 heteroatoms. The van der Waals surface area contributed by atoms with Gasteiger partial charge < -0.3 is 0 Å². The molecule has 0 saturated heterocycles. The van der Waals surface area contributed by atoms with E-state index in [1.54, 1.807) is 30.5 Å². The molecule has 0 saturated carbocycles. The molecule has 1 aliphatic heterocycles. The van der Waals surface area contributed by atoms with E-state index in [4.69, 9.17) is 4.84 Å². The number of benzene rings is 1. The van der Waals surface area contributed by atoms with Crippen LogP contribution in [-0.4, -0.2) is 36.2 Å². The predicted molar refractivity (Wildman–Crippen MR) is 75.7 cm³/mol. The summed E-state index contributed by atoms with van der Waals surface area (Å²) in [7, 11) is 0. The zero-order chi connectivity index (χ0) is 14.5. The molecule has 1 aromatic carbocycles. The highest BCUT2D eigenvalue weighted by atomic mass is 16.7. The van der Waals surface area contributed by atoms with Crippen LogP contribution in [0, 0.1) is 0 Å². The van der Waals surface area contributed by atoms with E-state index in [0.717, 1.165) is 10.6 Å². The van der Waals surface area contributed by atoms with Crippen LogP contribution in [0.25, 0.3) is 0 Å². The number of imide groups is 1. The van der Waals surface area contributed by atoms with Crippen LogP contribution >= 0.6 is 0 Å². The Kier molecular flexibility index (Phi) is 4.42. The molecular formula is C15H16N2O3. The number of aliphatic imine (C=N–C) groups is 1. The number of nitrogens with zero attached hydrogens (tertiary/aromatic N) is 2. The van der Waals surface area contributed by atoms with Gasteiger partial charge in [-0.05, 0) is 31.1 Å². The summed E-state index contributed by atoms with van der Waals surface area (Å²) in [6, 6.07) is 6.69. The number of carbonyl (C=O) groups is 2. The second-order valence-electron chi connectivity index (χ2n) is 4.52. The number of allylic oxidation sites excluding steroid dienone is 1. The maximum atomic E-state index is 12.0. The van der Waals surface area contributed by atoms with Gasteiger partial charge in [-0.15, -0.1) is 5.06 Å². The van der Waals surface area contributed by atoms with Gasteiger partial charge >= 0.3 is 0 Å². The fraction of sp³-hybridized carbons (Fsp3) is 0.267. The molecule has 2 rings (SSSR count). The Bertz CT molecular complexity index is 543. The Balaban J connectivity index is 1.85. The van der Waals surface area contributed by atoms with Crippen molar-refractivity contribution < 1.29 is 14.4 Å². The van der Waals surface area contributed by atoms with Crippen molar-refractivity contribution in [2.75, 3.05) is 13.2 Å². The van der Waals surface area contributed by atoms with Gasteiger partial charge in [0.25, 0.3) is 11.8 Å². The van der Waals surface area contributed by atoms with Gasteiger partial charge in [0.1, 0.15) is 0 Å². The zero-order valence-electron chi connectivity index (χ0n) is 11.3. The summed E-state index contributed by atoms with van der Waals surface area (Å²) in [5.41, 5.74) is 1.65. The first-order valence-corrected chi connectivity index (χ1v) is 6.37. The third kappa shape index (κ3) is 3.00. The van der Waals surface area contributed by atoms with Gasteiger partial charge in [-0.3, -0.25) is 19.4 Å². The maximum Gasteiger partial charge on any atom is 0.285 e. The predicted octanol–water partition coefficient (Wildman–Crippen LogP) is 2.25. The molecule has 0 unspecified atom stereocenters. The highest BCUT2D eigenvalue weighted by Crippen LogP contribution is 2.22. The average molecular weight is 272 g/mol. The highest BCUT2D eigenvalue weighted by molar-refractivity contribution is 6.20. The van der Waals surface area contributed by atoms with E-state index in [-0.39, 0.29) is 6.61 Å². The Hall–Kier alpha value is -2.27. The van der Waals surface area contributed by atoms with Crippen molar-refractivity contribution in [3.05, 3.63) is 47.5 Å². The van der Waals surface area contributed by atoms with Crippen molar-refractivity contribution in [2.45, 2.75) is 13.3 Å². The Morgan fingerprint density at radius 3 is 2.45 bits per heavy atom. The molecule has 0 N–H and O–H groups in total. The van der Waals surface area contributed by atoms with Gasteiger partial charge in [0.15, 0.2) is 0 Å². The largest absolute Gasteiger partial charge is 0.293 e. The summed E-state index contributed by atoms with van der Waals surface area (Å²) >= 11 is 0. The van der Waals surface area contributed by atoms with Crippen molar-refractivity contribution in [3.8, 4) is 0 Å². The van der Waals surface area contributed by atoms with E-state index in [2.05, 4.69) is 11.6 Å². The van der Waals surface area contributed by atoms with Crippen molar-refractivity contribution in [1.82, 2.24) is 5.06 Å². The quantitative estimate of drug-likeness (QED) is 0.453. The molecule has 0 aliphatic carbocycles. The maximum absolute atomic E-state index is 12.0. The number of rotatable bonds is 6. The van der Waals surface area contributed by atoms with Crippen LogP contribution in [0.15, 0.2) is 41.4 Å². The van der Waals surface area contributed by atoms with Crippen molar-refractivity contribution >= 4 is 18.0 Å². The van der Waals surface area contributed by atoms with Crippen LogP contribution in [0.1, 0.15) is 34.1 Å². The average Bonchev–Trinajstić information content (AvgIpc) is 2.67. The van der Waals surface area contributed by atoms with Gasteiger partial charge in [0.2, 0.25) is 0 Å². The third-order valence-electron chi connectivity index (χ3n) is 2.72. The molecular weight excluding hydrogens is 256 g/mol. The molecule has 2 amide bonds. The van der Waals surface area contributed by atoms with E-state index in [1.807, 2.05) is 6.92 Å². The molecule has 1 aromatic rings. The molecule has 0 fully saturated rings. The van der Waals surface area contributed by atoms with Crippen molar-refractivity contribution in [2.24, 2.45) is 4.99 Å². The summed E-state index contributed by atoms with van der Waals surface area (Å²) in [6.07, 6.45) is 2.30. The molecule has 20 heavy (non-hydrogen) atoms. The van der Waals surface area contributed by atoms with Crippen LogP contribution in [-0.2, 0) is 4.84 Å². The highest BCUT2D eigenvalue weighted by Gasteiger charge is 2.36. The van der Waals surface area contributed by atoms with Gasteiger partial charge in [-0.2, -0.15) is 0 Å². The number of fused-ring (bicyclic) bond motifs is 1. The lowest BCUT2D eigenvalue weighted by molar-refractivity contribution is -0.0913. The summed E-state index contributed by atoms with van der Waals surface area (Å²) in [5, 5.41) is 0.827. The molecule has 0 atom stereocenters. The van der Waals surface area contributed by atoms with E-state index < -0.39 is 11.8 Å². The standard InChI is InChI=1S/C15H16N2O3/c1-11(2)10-16-8-5-9-20-17-14(18)12-6-3-4-7-13(12)15(17)19/h3-4,6-7,10H,1,5,8-9H2,2H3. The summed E-state index contributed by atoms with van der Waals surface area (Å²) in [4.78, 5) is 33.3. The van der Waals surface area contributed by atoms with E-state index in [9.17, 15) is 9.59 Å². The van der Waals surface area contributed by atoms with Crippen molar-refractivity contribution in [1.29, 1.82) is 0 Å². The third-order valence-corrected chi connectivity index (χ3v) is 2.72. The molecule has 0 radical (unpaired) electrons. The van der Waals surface area contributed by atoms with E-state index in [1.165, 1.54) is 0 Å². The minimum Gasteiger partial charge on any atom is -0.293 e. The SMILES string of the molecule is C=C(C)C=NCCCON1C(=O)c2ccccc2C1=O. The lowest BCUT2D eigenvalue weighted by Crippen LogP contribution is -2.30. The van der Waals surface area contributed by atoms with Gasteiger partial charge in [0.05, 0.1) is 17.7 Å². The van der Waals surface area contributed by atoms with Crippen molar-refractivity contribution in [3.63, 3.8) is 0 Å². The Labute approximate surface area is 117 Å². The minimum absolute atomic E-state index is 0.263. The molecule has 104 valence electrons. The molecule has 0 aromatic heterocycles. The number of hydrogen-bond acceptors (Lipinski definition) is 4. The molecule has 5 nitrogen and oxygen atoms in total. The van der Waals surface area contributed by atoms with E-state index in [0.29, 0.717) is 24.1 Å². The number of hydrogen-bond donors (Lipinski definition) is 0. The fourth-order valence-electron chi connectivity index (χ4n) is 1.82. The zero-order valence-corrected chi connectivity index (χ0v) is 11.3. The van der Waals surface area contributed by atoms with Gasteiger partial charge in [0, 0.05) is 12.8 Å². The first-order valence-electron chi connectivity index (χ1n) is 6.37. The molecule has 1 heterocycles. The monoisotopic (exact) mass is 272 g/mol. The second kappa shape index (κ2) is 6.25. The number of amides is 2. The number of carbonyl (C=O) groups excluding carboxylic acids is 2. The lowest BCUT2D eigenvalue weighted by atomic mass is 10.1. The summed E-state index contributed by atoms with van der Waals surface area (Å²) in [6.45, 7) is 6.39. The Morgan fingerprint density at radius 2 is 1.90 bits per heavy atom. The minimum atomic E-state index is -0.406. The first kappa shape index (κ1) is 14.1. The van der Waals surface area contributed by atoms with Crippen LogP contribution in [0.4, 0.5) is 0 Å². The van der Waals surface area contributed by atoms with Gasteiger partial charge in [-0.1, -0.05) is 18.7 Å². The molecule has 1 aliphatic rings. The van der Waals surface area contributed by atoms with E-state index >= 15 is 0 Å². The van der Waals surface area contributed by atoms with Gasteiger partial charge in [-0.25, -0.2) is 0 Å². The van der Waals surface area contributed by atoms with Crippen LogP contribution < -0.4 is 0 Å². The Morgan fingerprint density at radius 1 is 1.30 bits per heavy atom. The normalized spacial score (nSPS) is 14.2. The molecule has 0 spiro atoms. The topological polar surface area (TPSA) is 59.0 Å². The second-order valence-corrected chi connectivity index (χ2v) is 4.52. The summed E-state index contributed by atoms with van der Waals surface area (Å²) in [5.74, 6) is -0.813. The molecule has 0 bridgehead atoms. The number of hydroxylamine groups is 2. The fourth-order valence-corrected chi connectivity index (χ4v) is 1.82. The smallest absolute Gasteiger partial charge is 0.285 e. The lowest BCUT2D eigenvalue weighted by Gasteiger charge is -2.12. The van der Waals surface area contributed by atoms with Crippen LogP contribution in [0.5, 0.6) is 0 Å². The summed E-state index contributed by atoms with van der Waals surface area (Å²) < 4.78 is 0. The van der Waals surface area contributed by atoms with Crippen LogP contribution in [0.2, 0.25) is 0 Å². The van der Waals surface area contributed by atoms with Crippen LogP contribution in [0.3, 0.4) is 0 Å².